The third kappa shape index (κ3) is 4.69. The molecule has 7 nitrogen and oxygen atoms in total. The van der Waals surface area contributed by atoms with E-state index in [1.807, 2.05) is 6.07 Å². The molecule has 198 valence electrons. The zero-order chi connectivity index (χ0) is 26.4. The molecule has 3 aliphatic carbocycles. The van der Waals surface area contributed by atoms with E-state index in [-0.39, 0.29) is 35.4 Å². The minimum Gasteiger partial charge on any atom is -0.504 e. The van der Waals surface area contributed by atoms with E-state index in [0.717, 1.165) is 42.5 Å². The molecular formula is C27H29F3N2O5. The summed E-state index contributed by atoms with van der Waals surface area (Å²) in [6.07, 6.45) is -0.578. The number of phenols is 1. The Labute approximate surface area is 212 Å². The molecule has 10 heteroatoms. The number of oxime groups is 2. The fraction of sp³-hybridized carbons (Fsp3) is 0.481. The van der Waals surface area contributed by atoms with E-state index in [9.17, 15) is 23.5 Å². The summed E-state index contributed by atoms with van der Waals surface area (Å²) in [5, 5.41) is 28.2. The molecule has 2 aromatic carbocycles. The summed E-state index contributed by atoms with van der Waals surface area (Å²) < 4.78 is 46.5. The Morgan fingerprint density at radius 3 is 2.57 bits per heavy atom. The van der Waals surface area contributed by atoms with Gasteiger partial charge in [0, 0.05) is 11.0 Å². The molecule has 2 fully saturated rings. The number of methoxy groups -OCH3 is 1. The number of aromatic hydroxyl groups is 1. The van der Waals surface area contributed by atoms with Gasteiger partial charge in [0.15, 0.2) is 11.5 Å². The van der Waals surface area contributed by atoms with Gasteiger partial charge in [-0.3, -0.25) is 0 Å². The van der Waals surface area contributed by atoms with E-state index < -0.39 is 6.36 Å². The number of phenolic OH excluding ortho intramolecular Hbond substituents is 1. The third-order valence-electron chi connectivity index (χ3n) is 8.35. The molecule has 3 aliphatic rings. The smallest absolute Gasteiger partial charge is 0.504 e. The Kier molecular flexibility index (Phi) is 6.45. The molecule has 2 aromatic rings. The number of halogens is 3. The van der Waals surface area contributed by atoms with Crippen LogP contribution < -0.4 is 9.47 Å². The van der Waals surface area contributed by atoms with Crippen LogP contribution in [0.3, 0.4) is 0 Å². The summed E-state index contributed by atoms with van der Waals surface area (Å²) in [6, 6.07) is 8.99. The first kappa shape index (κ1) is 25.2. The normalized spacial score (nSPS) is 28.9. The van der Waals surface area contributed by atoms with Crippen molar-refractivity contribution >= 4 is 11.4 Å². The van der Waals surface area contributed by atoms with E-state index in [2.05, 4.69) is 22.0 Å². The summed E-state index contributed by atoms with van der Waals surface area (Å²) in [7, 11) is 1.52. The number of fused-ring (bicyclic) bond motifs is 5. The van der Waals surface area contributed by atoms with Crippen molar-refractivity contribution in [2.24, 2.45) is 27.6 Å². The highest BCUT2D eigenvalue weighted by molar-refractivity contribution is 6.04. The zero-order valence-electron chi connectivity index (χ0n) is 20.6. The van der Waals surface area contributed by atoms with Gasteiger partial charge < -0.3 is 24.6 Å². The lowest BCUT2D eigenvalue weighted by Crippen LogP contribution is -2.43. The van der Waals surface area contributed by atoms with Gasteiger partial charge in [-0.25, -0.2) is 0 Å². The Morgan fingerprint density at radius 2 is 1.89 bits per heavy atom. The van der Waals surface area contributed by atoms with E-state index >= 15 is 0 Å². The lowest BCUT2D eigenvalue weighted by atomic mass is 9.55. The van der Waals surface area contributed by atoms with Crippen LogP contribution in [0.5, 0.6) is 17.2 Å². The van der Waals surface area contributed by atoms with Crippen molar-refractivity contribution in [1.29, 1.82) is 0 Å². The molecule has 0 heterocycles. The van der Waals surface area contributed by atoms with Gasteiger partial charge in [-0.2, -0.15) is 0 Å². The van der Waals surface area contributed by atoms with Crippen molar-refractivity contribution in [3.8, 4) is 17.2 Å². The van der Waals surface area contributed by atoms with Gasteiger partial charge in [-0.05, 0) is 85.3 Å². The van der Waals surface area contributed by atoms with Crippen LogP contribution in [0.25, 0.3) is 0 Å². The van der Waals surface area contributed by atoms with E-state index in [1.165, 1.54) is 31.4 Å². The Hall–Kier alpha value is -3.43. The summed E-state index contributed by atoms with van der Waals surface area (Å²) in [4.78, 5) is 5.66. The van der Waals surface area contributed by atoms with Crippen LogP contribution in [-0.2, 0) is 11.4 Å². The van der Waals surface area contributed by atoms with Crippen LogP contribution in [0.1, 0.15) is 61.6 Å². The molecule has 2 saturated carbocycles. The molecule has 0 unspecified atom stereocenters. The molecule has 0 spiro atoms. The second kappa shape index (κ2) is 9.46. The van der Waals surface area contributed by atoms with Crippen LogP contribution in [0.4, 0.5) is 13.2 Å². The molecule has 0 bridgehead atoms. The first-order valence-electron chi connectivity index (χ1n) is 12.3. The van der Waals surface area contributed by atoms with Gasteiger partial charge in [0.05, 0.1) is 18.5 Å². The maximum atomic E-state index is 12.4. The summed E-state index contributed by atoms with van der Waals surface area (Å²) >= 11 is 0. The number of nitrogens with zero attached hydrogens (tertiary/aromatic N) is 2. The van der Waals surface area contributed by atoms with Crippen LogP contribution in [0.15, 0.2) is 46.7 Å². The minimum atomic E-state index is -4.75. The zero-order valence-corrected chi connectivity index (χ0v) is 20.6. The van der Waals surface area contributed by atoms with Gasteiger partial charge >= 0.3 is 6.36 Å². The molecule has 0 aliphatic heterocycles. The standard InChI is InChI=1S/C27H29F3N2O5/c1-26-10-9-17-18-13-24(35-2)23(33)12-20(18)22(11-19(17)21(26)7-8-25(26)31-34)32-36-14-15-3-5-16(6-4-15)37-27(28,29)30/h3-6,12-13,17,19,21,33-34H,7-11,14H2,1-2H3/b31-25+,32-22+/t17-,19-,21+,26+/m1/s1. The fourth-order valence-corrected chi connectivity index (χ4v) is 6.61. The molecule has 4 atom stereocenters. The number of hydrogen-bond acceptors (Lipinski definition) is 7. The molecule has 0 aromatic heterocycles. The van der Waals surface area contributed by atoms with Crippen LogP contribution in [0, 0.1) is 17.3 Å². The van der Waals surface area contributed by atoms with Crippen molar-refractivity contribution in [2.45, 2.75) is 57.9 Å². The molecule has 0 saturated heterocycles. The Bertz CT molecular complexity index is 1230. The number of ether oxygens (including phenoxy) is 2. The van der Waals surface area contributed by atoms with Gasteiger partial charge in [-0.15, -0.1) is 13.2 Å². The van der Waals surface area contributed by atoms with Crippen LogP contribution in [0.2, 0.25) is 0 Å². The van der Waals surface area contributed by atoms with E-state index in [0.29, 0.717) is 29.4 Å². The predicted octanol–water partition coefficient (Wildman–Crippen LogP) is 6.36. The predicted molar refractivity (Wildman–Crippen MR) is 129 cm³/mol. The third-order valence-corrected chi connectivity index (χ3v) is 8.35. The molecular weight excluding hydrogens is 489 g/mol. The van der Waals surface area contributed by atoms with Crippen molar-refractivity contribution < 1.29 is 37.8 Å². The van der Waals surface area contributed by atoms with Gasteiger partial charge in [-0.1, -0.05) is 29.4 Å². The summed E-state index contributed by atoms with van der Waals surface area (Å²) in [5.41, 5.74) is 3.89. The molecule has 0 radical (unpaired) electrons. The Morgan fingerprint density at radius 1 is 1.14 bits per heavy atom. The van der Waals surface area contributed by atoms with Gasteiger partial charge in [0.25, 0.3) is 0 Å². The first-order valence-corrected chi connectivity index (χ1v) is 12.3. The Balaban J connectivity index is 1.42. The topological polar surface area (TPSA) is 92.9 Å². The monoisotopic (exact) mass is 518 g/mol. The van der Waals surface area contributed by atoms with E-state index in [1.54, 1.807) is 6.07 Å². The second-order valence-electron chi connectivity index (χ2n) is 10.2. The van der Waals surface area contributed by atoms with Crippen LogP contribution in [-0.4, -0.2) is 35.2 Å². The van der Waals surface area contributed by atoms with Crippen molar-refractivity contribution in [3.63, 3.8) is 0 Å². The fourth-order valence-electron chi connectivity index (χ4n) is 6.61. The lowest BCUT2D eigenvalue weighted by molar-refractivity contribution is -0.274. The first-order chi connectivity index (χ1) is 17.6. The second-order valence-corrected chi connectivity index (χ2v) is 10.2. The average Bonchev–Trinajstić information content (AvgIpc) is 3.20. The van der Waals surface area contributed by atoms with Gasteiger partial charge in [0.1, 0.15) is 12.4 Å². The largest absolute Gasteiger partial charge is 0.573 e. The highest BCUT2D eigenvalue weighted by Gasteiger charge is 2.54. The number of benzene rings is 2. The van der Waals surface area contributed by atoms with Gasteiger partial charge in [0.2, 0.25) is 0 Å². The lowest BCUT2D eigenvalue weighted by Gasteiger charge is -2.48. The number of alkyl halides is 3. The average molecular weight is 519 g/mol. The van der Waals surface area contributed by atoms with Crippen molar-refractivity contribution in [2.75, 3.05) is 7.11 Å². The van der Waals surface area contributed by atoms with Crippen LogP contribution >= 0.6 is 0 Å². The molecule has 2 N–H and O–H groups in total. The number of hydrogen-bond donors (Lipinski definition) is 2. The summed E-state index contributed by atoms with van der Waals surface area (Å²) in [6.45, 7) is 2.24. The highest BCUT2D eigenvalue weighted by Crippen LogP contribution is 2.60. The van der Waals surface area contributed by atoms with E-state index in [4.69, 9.17) is 9.57 Å². The maximum Gasteiger partial charge on any atom is 0.573 e. The summed E-state index contributed by atoms with van der Waals surface area (Å²) in [5.74, 6) is 0.933. The quantitative estimate of drug-likeness (QED) is 0.355. The van der Waals surface area contributed by atoms with Crippen molar-refractivity contribution in [1.82, 2.24) is 0 Å². The highest BCUT2D eigenvalue weighted by atomic mass is 19.4. The maximum absolute atomic E-state index is 12.4. The minimum absolute atomic E-state index is 0.0175. The number of rotatable bonds is 5. The molecule has 5 rings (SSSR count). The molecule has 37 heavy (non-hydrogen) atoms. The molecule has 0 amide bonds. The van der Waals surface area contributed by atoms with Crippen molar-refractivity contribution in [3.05, 3.63) is 53.1 Å². The SMILES string of the molecule is COc1cc2c(cc1O)/C(=N/OCc1ccc(OC(F)(F)F)cc1)C[C@@H]1[C@@H]2CC[C@]2(C)/C(=N/O)CC[C@@H]12.